The van der Waals surface area contributed by atoms with E-state index in [0.29, 0.717) is 24.5 Å². The van der Waals surface area contributed by atoms with Crippen LogP contribution in [0.15, 0.2) is 48.6 Å². The molecule has 1 saturated carbocycles. The third kappa shape index (κ3) is 5.46. The number of ether oxygens (including phenoxy) is 2. The van der Waals surface area contributed by atoms with Gasteiger partial charge in [-0.15, -0.1) is 0 Å². The van der Waals surface area contributed by atoms with Crippen LogP contribution in [0.5, 0.6) is 5.75 Å². The van der Waals surface area contributed by atoms with Crippen LogP contribution in [-0.4, -0.2) is 61.3 Å². The van der Waals surface area contributed by atoms with E-state index in [4.69, 9.17) is 21.1 Å². The van der Waals surface area contributed by atoms with Crippen LogP contribution in [0.2, 0.25) is 5.02 Å². The van der Waals surface area contributed by atoms with Crippen molar-refractivity contribution in [2.45, 2.75) is 74.8 Å². The summed E-state index contributed by atoms with van der Waals surface area (Å²) in [6.45, 7) is 2.57. The molecule has 218 valence electrons. The largest absolute Gasteiger partial charge is 0.490 e. The minimum absolute atomic E-state index is 0.158. The number of esters is 1. The molecule has 1 N–H and O–H groups in total. The number of carbonyl (C=O) groups excluding carboxylic acids is 2. The van der Waals surface area contributed by atoms with E-state index in [1.54, 1.807) is 11.0 Å². The molecule has 2 bridgehead atoms. The van der Waals surface area contributed by atoms with E-state index in [9.17, 15) is 14.7 Å². The summed E-state index contributed by atoms with van der Waals surface area (Å²) in [5.74, 6) is -0.370. The first-order valence-electron chi connectivity index (χ1n) is 14.9. The highest BCUT2D eigenvalue weighted by molar-refractivity contribution is 6.30. The second kappa shape index (κ2) is 11.3. The standard InChI is InChI=1S/C33H39ClN2O5/c1-40-31(38)33(39)20-30(37)36(26-11-12-26)17-6-4-2-3-5-16-35-21-32(22-41-29-14-9-24(33)19-28(29)35)15-7-8-23-18-25(34)10-13-27(23)32/h4,6,9-10,13-14,18-19,26,39H,2-3,5,7-8,11-12,15-17,20-22H2,1H3/b6-4-/t32-,33+/m0/s1. The number of nitrogens with zero attached hydrogens (tertiary/aromatic N) is 2. The molecule has 1 amide bonds. The van der Waals surface area contributed by atoms with Crippen LogP contribution in [0, 0.1) is 0 Å². The molecule has 0 aromatic heterocycles. The van der Waals surface area contributed by atoms with Crippen molar-refractivity contribution in [3.63, 3.8) is 0 Å². The van der Waals surface area contributed by atoms with E-state index in [1.807, 2.05) is 24.3 Å². The fourth-order valence-corrected chi connectivity index (χ4v) is 7.10. The quantitative estimate of drug-likeness (QED) is 0.385. The molecule has 4 aliphatic rings. The molecule has 2 atom stereocenters. The molecule has 2 aliphatic heterocycles. The zero-order valence-electron chi connectivity index (χ0n) is 23.7. The van der Waals surface area contributed by atoms with E-state index in [0.717, 1.165) is 75.2 Å². The third-order valence-electron chi connectivity index (χ3n) is 9.27. The van der Waals surface area contributed by atoms with Crippen LogP contribution in [0.4, 0.5) is 5.69 Å². The highest BCUT2D eigenvalue weighted by atomic mass is 35.5. The van der Waals surface area contributed by atoms with Crippen molar-refractivity contribution in [2.24, 2.45) is 0 Å². The molecule has 0 saturated heterocycles. The van der Waals surface area contributed by atoms with Gasteiger partial charge in [0, 0.05) is 36.1 Å². The maximum Gasteiger partial charge on any atom is 0.343 e. The molecule has 2 aromatic rings. The number of methoxy groups -OCH3 is 1. The van der Waals surface area contributed by atoms with Crippen LogP contribution in [0.25, 0.3) is 0 Å². The number of halogens is 1. The predicted molar refractivity (Wildman–Crippen MR) is 158 cm³/mol. The van der Waals surface area contributed by atoms with Crippen molar-refractivity contribution in [3.8, 4) is 5.75 Å². The van der Waals surface area contributed by atoms with Gasteiger partial charge < -0.3 is 24.4 Å². The second-order valence-corrected chi connectivity index (χ2v) is 12.5. The Morgan fingerprint density at radius 3 is 2.78 bits per heavy atom. The minimum atomic E-state index is -2.11. The van der Waals surface area contributed by atoms with Gasteiger partial charge >= 0.3 is 5.97 Å². The number of hydrogen-bond donors (Lipinski definition) is 1. The smallest absolute Gasteiger partial charge is 0.343 e. The number of carbonyl (C=O) groups is 2. The summed E-state index contributed by atoms with van der Waals surface area (Å²) in [4.78, 5) is 30.8. The van der Waals surface area contributed by atoms with Crippen LogP contribution < -0.4 is 9.64 Å². The zero-order chi connectivity index (χ0) is 28.6. The maximum atomic E-state index is 13.5. The Bertz CT molecular complexity index is 1360. The summed E-state index contributed by atoms with van der Waals surface area (Å²) >= 11 is 6.38. The van der Waals surface area contributed by atoms with Crippen molar-refractivity contribution in [3.05, 3.63) is 70.3 Å². The summed E-state index contributed by atoms with van der Waals surface area (Å²) in [6, 6.07) is 11.7. The number of rotatable bonds is 2. The van der Waals surface area contributed by atoms with Gasteiger partial charge in [0.2, 0.25) is 5.91 Å². The number of hydrogen-bond acceptors (Lipinski definition) is 6. The number of aryl methyl sites for hydroxylation is 1. The van der Waals surface area contributed by atoms with E-state index < -0.39 is 11.6 Å². The summed E-state index contributed by atoms with van der Waals surface area (Å²) in [5, 5.41) is 12.6. The van der Waals surface area contributed by atoms with Gasteiger partial charge in [-0.25, -0.2) is 4.79 Å². The first kappa shape index (κ1) is 28.1. The van der Waals surface area contributed by atoms with E-state index in [2.05, 4.69) is 23.1 Å². The Kier molecular flexibility index (Phi) is 7.77. The Morgan fingerprint density at radius 2 is 1.98 bits per heavy atom. The molecule has 2 heterocycles. The molecular formula is C33H39ClN2O5. The molecular weight excluding hydrogens is 540 g/mol. The first-order chi connectivity index (χ1) is 19.8. The van der Waals surface area contributed by atoms with Crippen LogP contribution in [0.3, 0.4) is 0 Å². The van der Waals surface area contributed by atoms with Gasteiger partial charge in [-0.1, -0.05) is 35.9 Å². The van der Waals surface area contributed by atoms with Crippen LogP contribution in [0.1, 0.15) is 68.1 Å². The lowest BCUT2D eigenvalue weighted by Gasteiger charge is -2.41. The van der Waals surface area contributed by atoms with Crippen LogP contribution in [-0.2, 0) is 31.8 Å². The molecule has 8 heteroatoms. The number of anilines is 1. The molecule has 1 fully saturated rings. The lowest BCUT2D eigenvalue weighted by molar-refractivity contribution is -0.168. The van der Waals surface area contributed by atoms with Gasteiger partial charge in [-0.05, 0) is 92.3 Å². The fraction of sp³-hybridized carbons (Fsp3) is 0.515. The van der Waals surface area contributed by atoms with Crippen molar-refractivity contribution in [2.75, 3.05) is 38.3 Å². The van der Waals surface area contributed by atoms with Crippen molar-refractivity contribution < 1.29 is 24.2 Å². The van der Waals surface area contributed by atoms with Crippen molar-refractivity contribution in [1.29, 1.82) is 0 Å². The lowest BCUT2D eigenvalue weighted by atomic mass is 9.70. The van der Waals surface area contributed by atoms with Crippen molar-refractivity contribution >= 4 is 29.2 Å². The highest BCUT2D eigenvalue weighted by Gasteiger charge is 2.46. The monoisotopic (exact) mass is 578 g/mol. The number of aliphatic hydroxyl groups is 1. The van der Waals surface area contributed by atoms with Gasteiger partial charge in [0.1, 0.15) is 5.75 Å². The third-order valence-corrected chi connectivity index (χ3v) is 9.51. The lowest BCUT2D eigenvalue weighted by Crippen LogP contribution is -2.46. The number of allylic oxidation sites excluding steroid dienone is 1. The summed E-state index contributed by atoms with van der Waals surface area (Å²) in [5.41, 5.74) is 1.43. The Labute approximate surface area is 247 Å². The topological polar surface area (TPSA) is 79.3 Å². The van der Waals surface area contributed by atoms with Crippen LogP contribution >= 0.6 is 11.6 Å². The maximum absolute atomic E-state index is 13.5. The van der Waals surface area contributed by atoms with Gasteiger partial charge in [-0.3, -0.25) is 4.79 Å². The molecule has 0 radical (unpaired) electrons. The number of fused-ring (bicyclic) bond motifs is 3. The van der Waals surface area contributed by atoms with Gasteiger partial charge in [0.25, 0.3) is 0 Å². The molecule has 0 unspecified atom stereocenters. The second-order valence-electron chi connectivity index (χ2n) is 12.1. The fourth-order valence-electron chi connectivity index (χ4n) is 6.90. The average molecular weight is 579 g/mol. The van der Waals surface area contributed by atoms with Crippen molar-refractivity contribution in [1.82, 2.24) is 4.90 Å². The average Bonchev–Trinajstić information content (AvgIpc) is 3.82. The SMILES string of the molecule is COC(=O)[C@@]1(O)CC(=O)N(C2CC2)C/C=C\CCCCN2C[C@@]3(CCCc4cc(Cl)ccc43)COc3ccc1cc32. The predicted octanol–water partition coefficient (Wildman–Crippen LogP) is 5.29. The Morgan fingerprint density at radius 1 is 1.12 bits per heavy atom. The molecule has 1 spiro atoms. The highest BCUT2D eigenvalue weighted by Crippen LogP contribution is 2.46. The van der Waals surface area contributed by atoms with Gasteiger partial charge in [-0.2, -0.15) is 0 Å². The summed E-state index contributed by atoms with van der Waals surface area (Å²) < 4.78 is 11.6. The van der Waals surface area contributed by atoms with Gasteiger partial charge in [0.15, 0.2) is 5.60 Å². The summed E-state index contributed by atoms with van der Waals surface area (Å²) in [7, 11) is 1.25. The normalized spacial score (nSPS) is 27.6. The molecule has 2 aromatic carbocycles. The molecule has 2 aliphatic carbocycles. The minimum Gasteiger partial charge on any atom is -0.490 e. The summed E-state index contributed by atoms with van der Waals surface area (Å²) in [6.07, 6.45) is 11.7. The Hall–Kier alpha value is -3.03. The Balaban J connectivity index is 1.42. The van der Waals surface area contributed by atoms with E-state index in [-0.39, 0.29) is 23.8 Å². The molecule has 41 heavy (non-hydrogen) atoms. The number of amides is 1. The van der Waals surface area contributed by atoms with E-state index in [1.165, 1.54) is 18.2 Å². The number of benzene rings is 2. The molecule has 7 nitrogen and oxygen atoms in total. The van der Waals surface area contributed by atoms with Gasteiger partial charge in [0.05, 0.1) is 25.8 Å². The van der Waals surface area contributed by atoms with E-state index >= 15 is 0 Å². The first-order valence-corrected chi connectivity index (χ1v) is 15.3. The molecule has 6 rings (SSSR count). The zero-order valence-corrected chi connectivity index (χ0v) is 24.5.